The first-order valence-electron chi connectivity index (χ1n) is 6.19. The molecule has 1 N–H and O–H groups in total. The summed E-state index contributed by atoms with van der Waals surface area (Å²) in [5.41, 5.74) is 0.673. The minimum atomic E-state index is -3.79. The predicted molar refractivity (Wildman–Crippen MR) is 83.1 cm³/mol. The third-order valence-electron chi connectivity index (χ3n) is 2.78. The van der Waals surface area contributed by atoms with Gasteiger partial charge >= 0.3 is 5.97 Å². The largest absolute Gasteiger partial charge is 0.507 e. The number of carbonyl (C=O) groups excluding carboxylic acids is 1. The Morgan fingerprint density at radius 3 is 2.22 bits per heavy atom. The molecule has 2 aromatic carbocycles. The quantitative estimate of drug-likeness (QED) is 0.513. The summed E-state index contributed by atoms with van der Waals surface area (Å²) < 4.78 is 26.8. The zero-order chi connectivity index (χ0) is 17.0. The van der Waals surface area contributed by atoms with Crippen LogP contribution in [0, 0.1) is 0 Å². The molecule has 0 saturated carbocycles. The number of hydrogen-bond acceptors (Lipinski definition) is 7. The third-order valence-corrected chi connectivity index (χ3v) is 4.15. The molecule has 0 aromatic heterocycles. The second-order valence-corrected chi connectivity index (χ2v) is 6.89. The van der Waals surface area contributed by atoms with Gasteiger partial charge in [-0.15, -0.1) is 0 Å². The molecule has 9 heteroatoms. The van der Waals surface area contributed by atoms with Crippen LogP contribution in [0.3, 0.4) is 0 Å². The first kappa shape index (κ1) is 16.9. The summed E-state index contributed by atoms with van der Waals surface area (Å²) in [4.78, 5) is 11.4. The lowest BCUT2D eigenvalue weighted by Crippen LogP contribution is -2.00. The summed E-state index contributed by atoms with van der Waals surface area (Å²) in [6, 6.07) is 9.54. The van der Waals surface area contributed by atoms with Crippen molar-refractivity contribution in [3.63, 3.8) is 0 Å². The fourth-order valence-electron chi connectivity index (χ4n) is 1.65. The van der Waals surface area contributed by atoms with Gasteiger partial charge in [0.2, 0.25) is 0 Å². The number of hydrogen-bond donors (Lipinski definition) is 1. The van der Waals surface area contributed by atoms with E-state index in [0.29, 0.717) is 11.4 Å². The van der Waals surface area contributed by atoms with Gasteiger partial charge in [0.05, 0.1) is 23.4 Å². The van der Waals surface area contributed by atoms with Crippen molar-refractivity contribution in [2.75, 3.05) is 7.11 Å². The second kappa shape index (κ2) is 6.76. The van der Waals surface area contributed by atoms with E-state index in [-0.39, 0.29) is 16.2 Å². The maximum Gasteiger partial charge on any atom is 0.341 e. The van der Waals surface area contributed by atoms with Gasteiger partial charge in [0.1, 0.15) is 11.3 Å². The highest BCUT2D eigenvalue weighted by Gasteiger charge is 2.12. The number of ether oxygens (including phenoxy) is 1. The van der Waals surface area contributed by atoms with Gasteiger partial charge in [-0.05, 0) is 42.5 Å². The van der Waals surface area contributed by atoms with Crippen LogP contribution < -0.4 is 0 Å². The van der Waals surface area contributed by atoms with Crippen molar-refractivity contribution in [3.8, 4) is 5.75 Å². The molecule has 2 rings (SSSR count). The van der Waals surface area contributed by atoms with Crippen LogP contribution in [0.15, 0.2) is 57.6 Å². The van der Waals surface area contributed by atoms with E-state index in [2.05, 4.69) is 15.0 Å². The zero-order valence-corrected chi connectivity index (χ0v) is 13.4. The smallest absolute Gasteiger partial charge is 0.341 e. The number of carbonyl (C=O) groups is 1. The lowest BCUT2D eigenvalue weighted by atomic mass is 10.2. The fraction of sp³-hybridized carbons (Fsp3) is 0.0714. The maximum absolute atomic E-state index is 11.5. The Labute approximate surface area is 136 Å². The van der Waals surface area contributed by atoms with Crippen molar-refractivity contribution >= 4 is 37.1 Å². The molecule has 0 saturated heterocycles. The first-order chi connectivity index (χ1) is 10.8. The summed E-state index contributed by atoms with van der Waals surface area (Å²) in [5, 5.41) is 17.4. The van der Waals surface area contributed by atoms with Gasteiger partial charge in [-0.3, -0.25) is 0 Å². The number of methoxy groups -OCH3 is 1. The SMILES string of the molecule is COC(=O)c1cc(/N=N/c2ccc(S(=O)(=O)Cl)cc2)ccc1O. The van der Waals surface area contributed by atoms with E-state index >= 15 is 0 Å². The van der Waals surface area contributed by atoms with Crippen molar-refractivity contribution < 1.29 is 23.1 Å². The number of esters is 1. The summed E-state index contributed by atoms with van der Waals surface area (Å²) in [7, 11) is 2.62. The van der Waals surface area contributed by atoms with Crippen LogP contribution in [0.5, 0.6) is 5.75 Å². The van der Waals surface area contributed by atoms with Crippen LogP contribution >= 0.6 is 10.7 Å². The average molecular weight is 355 g/mol. The van der Waals surface area contributed by atoms with E-state index < -0.39 is 15.0 Å². The van der Waals surface area contributed by atoms with Gasteiger partial charge in [0, 0.05) is 10.7 Å². The topological polar surface area (TPSA) is 105 Å². The van der Waals surface area contributed by atoms with Crippen LogP contribution in [0.1, 0.15) is 10.4 Å². The van der Waals surface area contributed by atoms with Crippen LogP contribution in [-0.2, 0) is 13.8 Å². The normalized spacial score (nSPS) is 11.6. The van der Waals surface area contributed by atoms with Gasteiger partial charge in [-0.25, -0.2) is 13.2 Å². The summed E-state index contributed by atoms with van der Waals surface area (Å²) in [5.74, 6) is -0.927. The Bertz CT molecular complexity index is 863. The minimum Gasteiger partial charge on any atom is -0.507 e. The van der Waals surface area contributed by atoms with Gasteiger partial charge in [-0.1, -0.05) is 0 Å². The van der Waals surface area contributed by atoms with Gasteiger partial charge in [0.25, 0.3) is 9.05 Å². The Balaban J connectivity index is 2.25. The molecule has 0 fully saturated rings. The molecule has 120 valence electrons. The van der Waals surface area contributed by atoms with Crippen molar-refractivity contribution in [1.29, 1.82) is 0 Å². The van der Waals surface area contributed by atoms with Crippen molar-refractivity contribution in [2.24, 2.45) is 10.2 Å². The van der Waals surface area contributed by atoms with Gasteiger partial charge < -0.3 is 9.84 Å². The maximum atomic E-state index is 11.5. The lowest BCUT2D eigenvalue weighted by Gasteiger charge is -2.02. The molecule has 0 radical (unpaired) electrons. The minimum absolute atomic E-state index is 0.0347. The van der Waals surface area contributed by atoms with Crippen LogP contribution in [0.4, 0.5) is 11.4 Å². The second-order valence-electron chi connectivity index (χ2n) is 4.32. The fourth-order valence-corrected chi connectivity index (χ4v) is 2.42. The molecule has 0 unspecified atom stereocenters. The van der Waals surface area contributed by atoms with Crippen LogP contribution in [0.2, 0.25) is 0 Å². The Morgan fingerprint density at radius 1 is 1.09 bits per heavy atom. The first-order valence-corrected chi connectivity index (χ1v) is 8.50. The molecule has 0 spiro atoms. The highest BCUT2D eigenvalue weighted by Crippen LogP contribution is 2.26. The predicted octanol–water partition coefficient (Wildman–Crippen LogP) is 3.52. The number of phenolic OH excluding ortho intramolecular Hbond substituents is 1. The molecule has 23 heavy (non-hydrogen) atoms. The molecular weight excluding hydrogens is 344 g/mol. The van der Waals surface area contributed by atoms with Crippen LogP contribution in [0.25, 0.3) is 0 Å². The van der Waals surface area contributed by atoms with E-state index in [9.17, 15) is 18.3 Å². The van der Waals surface area contributed by atoms with Crippen LogP contribution in [-0.4, -0.2) is 26.6 Å². The monoisotopic (exact) mass is 354 g/mol. The molecule has 7 nitrogen and oxygen atoms in total. The molecule has 0 atom stereocenters. The number of rotatable bonds is 4. The number of aromatic hydroxyl groups is 1. The van der Waals surface area contributed by atoms with Crippen molar-refractivity contribution in [2.45, 2.75) is 4.90 Å². The average Bonchev–Trinajstić information content (AvgIpc) is 2.53. The van der Waals surface area contributed by atoms with Gasteiger partial charge in [-0.2, -0.15) is 10.2 Å². The number of halogens is 1. The van der Waals surface area contributed by atoms with E-state index in [0.717, 1.165) is 0 Å². The Morgan fingerprint density at radius 2 is 1.65 bits per heavy atom. The molecule has 0 aliphatic carbocycles. The summed E-state index contributed by atoms with van der Waals surface area (Å²) >= 11 is 0. The number of nitrogens with zero attached hydrogens (tertiary/aromatic N) is 2. The van der Waals surface area contributed by atoms with Crippen molar-refractivity contribution in [1.82, 2.24) is 0 Å². The van der Waals surface area contributed by atoms with E-state index in [1.165, 1.54) is 49.6 Å². The standard InChI is InChI=1S/C14H11ClN2O5S/c1-22-14(19)12-8-10(4-7-13(12)18)17-16-9-2-5-11(6-3-9)23(15,20)21/h2-8,18H,1H3/b17-16+. The highest BCUT2D eigenvalue weighted by atomic mass is 35.7. The highest BCUT2D eigenvalue weighted by molar-refractivity contribution is 8.13. The van der Waals surface area contributed by atoms with E-state index in [1.54, 1.807) is 0 Å². The Hall–Kier alpha value is -2.45. The molecule has 0 bridgehead atoms. The van der Waals surface area contributed by atoms with E-state index in [4.69, 9.17) is 10.7 Å². The Kier molecular flexibility index (Phi) is 4.97. The third kappa shape index (κ3) is 4.27. The molecule has 0 aliphatic heterocycles. The summed E-state index contributed by atoms with van der Waals surface area (Å²) in [6.45, 7) is 0. The van der Waals surface area contributed by atoms with Gasteiger partial charge in [0.15, 0.2) is 0 Å². The number of phenols is 1. The zero-order valence-electron chi connectivity index (χ0n) is 11.8. The van der Waals surface area contributed by atoms with Crippen molar-refractivity contribution in [3.05, 3.63) is 48.0 Å². The molecule has 0 aliphatic rings. The van der Waals surface area contributed by atoms with E-state index in [1.807, 2.05) is 0 Å². The molecule has 0 amide bonds. The molecular formula is C14H11ClN2O5S. The summed E-state index contributed by atoms with van der Waals surface area (Å²) in [6.07, 6.45) is 0. The molecule has 0 heterocycles. The number of azo groups is 1. The molecule has 2 aromatic rings. The lowest BCUT2D eigenvalue weighted by molar-refractivity contribution is 0.0597. The number of benzene rings is 2.